The highest BCUT2D eigenvalue weighted by molar-refractivity contribution is 5.71. The molecular weight excluding hydrogens is 406 g/mol. The first-order valence-corrected chi connectivity index (χ1v) is 15.1. The van der Waals surface area contributed by atoms with Gasteiger partial charge in [-0.2, -0.15) is 0 Å². The van der Waals surface area contributed by atoms with Crippen LogP contribution in [-0.2, 0) is 9.53 Å². The van der Waals surface area contributed by atoms with Gasteiger partial charge >= 0.3 is 5.97 Å². The summed E-state index contributed by atoms with van der Waals surface area (Å²) in [6, 6.07) is 0. The van der Waals surface area contributed by atoms with Gasteiger partial charge in [0.05, 0.1) is 13.2 Å². The second kappa shape index (κ2) is 27.7. The van der Waals surface area contributed by atoms with E-state index in [4.69, 9.17) is 4.74 Å². The molecule has 0 amide bonds. The number of carbonyl (C=O) groups excluding carboxylic acids is 1. The number of carbonyl (C=O) groups is 1. The Balaban J connectivity index is 4.03. The van der Waals surface area contributed by atoms with Crippen LogP contribution in [0.25, 0.3) is 0 Å². The Bertz CT molecular complexity index is 365. The van der Waals surface area contributed by atoms with E-state index in [1.54, 1.807) is 0 Å². The molecule has 0 spiro atoms. The number of hydrogen-bond donors (Lipinski definition) is 0. The SMILES string of the molecule is CCCCCCCCCCN(CCCCCCCCCC)CC(=O)OCCCCCCCC. The molecule has 198 valence electrons. The standard InChI is InChI=1S/C30H61NO2/c1-4-7-10-13-16-18-20-23-26-31(27-24-21-19-17-14-11-8-5-2)29-30(32)33-28-25-22-15-12-9-6-3/h4-29H2,1-3H3. The molecule has 0 unspecified atom stereocenters. The Morgan fingerprint density at radius 2 is 0.818 bits per heavy atom. The molecular formula is C30H61NO2. The predicted octanol–water partition coefficient (Wildman–Crippen LogP) is 9.47. The van der Waals surface area contributed by atoms with Crippen LogP contribution >= 0.6 is 0 Å². The van der Waals surface area contributed by atoms with Gasteiger partial charge in [-0.1, -0.05) is 143 Å². The van der Waals surface area contributed by atoms with Gasteiger partial charge in [-0.15, -0.1) is 0 Å². The largest absolute Gasteiger partial charge is 0.465 e. The normalized spacial score (nSPS) is 11.4. The summed E-state index contributed by atoms with van der Waals surface area (Å²) in [6.45, 7) is 10.0. The van der Waals surface area contributed by atoms with Gasteiger partial charge < -0.3 is 4.74 Å². The van der Waals surface area contributed by atoms with Gasteiger partial charge in [0.15, 0.2) is 0 Å². The molecule has 0 saturated heterocycles. The zero-order valence-corrected chi connectivity index (χ0v) is 23.1. The van der Waals surface area contributed by atoms with Crippen LogP contribution in [0.3, 0.4) is 0 Å². The lowest BCUT2D eigenvalue weighted by atomic mass is 10.1. The van der Waals surface area contributed by atoms with E-state index < -0.39 is 0 Å². The Labute approximate surface area is 208 Å². The average molecular weight is 468 g/mol. The van der Waals surface area contributed by atoms with E-state index in [0.29, 0.717) is 13.2 Å². The van der Waals surface area contributed by atoms with Gasteiger partial charge in [-0.3, -0.25) is 9.69 Å². The molecule has 0 aromatic carbocycles. The van der Waals surface area contributed by atoms with Crippen LogP contribution in [0.4, 0.5) is 0 Å². The summed E-state index contributed by atoms with van der Waals surface area (Å²) >= 11 is 0. The van der Waals surface area contributed by atoms with E-state index in [1.807, 2.05) is 0 Å². The molecule has 0 atom stereocenters. The first kappa shape index (κ1) is 32.4. The Kier molecular flexibility index (Phi) is 27.2. The first-order valence-electron chi connectivity index (χ1n) is 15.1. The summed E-state index contributed by atoms with van der Waals surface area (Å²) < 4.78 is 5.56. The van der Waals surface area contributed by atoms with Gasteiger partial charge in [0, 0.05) is 0 Å². The molecule has 3 heteroatoms. The van der Waals surface area contributed by atoms with Crippen LogP contribution in [-0.4, -0.2) is 37.1 Å². The fraction of sp³-hybridized carbons (Fsp3) is 0.967. The smallest absolute Gasteiger partial charge is 0.320 e. The van der Waals surface area contributed by atoms with E-state index in [2.05, 4.69) is 25.7 Å². The second-order valence-electron chi connectivity index (χ2n) is 10.2. The van der Waals surface area contributed by atoms with Gasteiger partial charge in [0.1, 0.15) is 0 Å². The predicted molar refractivity (Wildman–Crippen MR) is 146 cm³/mol. The molecule has 0 aliphatic heterocycles. The molecule has 0 aliphatic rings. The van der Waals surface area contributed by atoms with Crippen molar-refractivity contribution >= 4 is 5.97 Å². The molecule has 3 nitrogen and oxygen atoms in total. The third-order valence-electron chi connectivity index (χ3n) is 6.77. The molecule has 0 radical (unpaired) electrons. The number of hydrogen-bond acceptors (Lipinski definition) is 3. The summed E-state index contributed by atoms with van der Waals surface area (Å²) in [4.78, 5) is 14.8. The number of nitrogens with zero attached hydrogens (tertiary/aromatic N) is 1. The van der Waals surface area contributed by atoms with Crippen LogP contribution in [0.2, 0.25) is 0 Å². The van der Waals surface area contributed by atoms with Gasteiger partial charge in [-0.05, 0) is 32.4 Å². The van der Waals surface area contributed by atoms with E-state index >= 15 is 0 Å². The molecule has 0 aromatic rings. The Morgan fingerprint density at radius 3 is 1.21 bits per heavy atom. The van der Waals surface area contributed by atoms with Crippen molar-refractivity contribution in [2.24, 2.45) is 0 Å². The number of unbranched alkanes of at least 4 members (excludes halogenated alkanes) is 19. The van der Waals surface area contributed by atoms with E-state index in [0.717, 1.165) is 19.5 Å². The van der Waals surface area contributed by atoms with Crippen molar-refractivity contribution in [3.63, 3.8) is 0 Å². The maximum Gasteiger partial charge on any atom is 0.320 e. The first-order chi connectivity index (χ1) is 16.2. The molecule has 0 aromatic heterocycles. The van der Waals surface area contributed by atoms with Crippen molar-refractivity contribution in [1.29, 1.82) is 0 Å². The quantitative estimate of drug-likeness (QED) is 0.0889. The van der Waals surface area contributed by atoms with Crippen molar-refractivity contribution in [1.82, 2.24) is 4.90 Å². The summed E-state index contributed by atoms with van der Waals surface area (Å²) in [5.74, 6) is -0.0114. The lowest BCUT2D eigenvalue weighted by Crippen LogP contribution is -2.33. The maximum atomic E-state index is 12.4. The minimum absolute atomic E-state index is 0.0114. The Hall–Kier alpha value is -0.570. The average Bonchev–Trinajstić information content (AvgIpc) is 2.81. The van der Waals surface area contributed by atoms with E-state index in [1.165, 1.54) is 135 Å². The number of ether oxygens (including phenoxy) is 1. The third-order valence-corrected chi connectivity index (χ3v) is 6.77. The highest BCUT2D eigenvalue weighted by atomic mass is 16.5. The van der Waals surface area contributed by atoms with E-state index in [9.17, 15) is 4.79 Å². The summed E-state index contributed by atoms with van der Waals surface area (Å²) in [5, 5.41) is 0. The minimum Gasteiger partial charge on any atom is -0.465 e. The van der Waals surface area contributed by atoms with Crippen molar-refractivity contribution in [3.05, 3.63) is 0 Å². The van der Waals surface area contributed by atoms with Crippen molar-refractivity contribution in [3.8, 4) is 0 Å². The molecule has 0 fully saturated rings. The third kappa shape index (κ3) is 25.9. The second-order valence-corrected chi connectivity index (χ2v) is 10.2. The van der Waals surface area contributed by atoms with Crippen LogP contribution in [0.15, 0.2) is 0 Å². The monoisotopic (exact) mass is 467 g/mol. The lowest BCUT2D eigenvalue weighted by Gasteiger charge is -2.21. The number of rotatable bonds is 27. The topological polar surface area (TPSA) is 29.5 Å². The molecule has 0 rings (SSSR count). The van der Waals surface area contributed by atoms with Crippen molar-refractivity contribution < 1.29 is 9.53 Å². The fourth-order valence-electron chi connectivity index (χ4n) is 4.51. The molecule has 0 N–H and O–H groups in total. The molecule has 0 bridgehead atoms. The zero-order chi connectivity index (χ0) is 24.2. The van der Waals surface area contributed by atoms with Gasteiger partial charge in [0.2, 0.25) is 0 Å². The van der Waals surface area contributed by atoms with Crippen molar-refractivity contribution in [2.45, 2.75) is 162 Å². The molecule has 33 heavy (non-hydrogen) atoms. The van der Waals surface area contributed by atoms with Crippen LogP contribution in [0, 0.1) is 0 Å². The van der Waals surface area contributed by atoms with Crippen LogP contribution in [0.5, 0.6) is 0 Å². The highest BCUT2D eigenvalue weighted by Gasteiger charge is 2.11. The molecule has 0 aliphatic carbocycles. The fourth-order valence-corrected chi connectivity index (χ4v) is 4.51. The zero-order valence-electron chi connectivity index (χ0n) is 23.1. The lowest BCUT2D eigenvalue weighted by molar-refractivity contribution is -0.145. The van der Waals surface area contributed by atoms with Gasteiger partial charge in [0.25, 0.3) is 0 Å². The number of esters is 1. The van der Waals surface area contributed by atoms with Crippen LogP contribution < -0.4 is 0 Å². The summed E-state index contributed by atoms with van der Waals surface area (Å²) in [7, 11) is 0. The summed E-state index contributed by atoms with van der Waals surface area (Å²) in [6.07, 6.45) is 28.8. The van der Waals surface area contributed by atoms with Gasteiger partial charge in [-0.25, -0.2) is 0 Å². The Morgan fingerprint density at radius 1 is 0.485 bits per heavy atom. The highest BCUT2D eigenvalue weighted by Crippen LogP contribution is 2.12. The molecule has 0 heterocycles. The summed E-state index contributed by atoms with van der Waals surface area (Å²) in [5.41, 5.74) is 0. The van der Waals surface area contributed by atoms with Crippen LogP contribution in [0.1, 0.15) is 162 Å². The maximum absolute atomic E-state index is 12.4. The molecule has 0 saturated carbocycles. The van der Waals surface area contributed by atoms with E-state index in [-0.39, 0.29) is 5.97 Å². The van der Waals surface area contributed by atoms with Crippen molar-refractivity contribution in [2.75, 3.05) is 26.2 Å². The minimum atomic E-state index is -0.0114.